The molecule has 0 amide bonds. The summed E-state index contributed by atoms with van der Waals surface area (Å²) in [5.41, 5.74) is 1.64. The minimum atomic E-state index is -0.654. The number of aromatic nitrogens is 4. The fourth-order valence-electron chi connectivity index (χ4n) is 2.94. The van der Waals surface area contributed by atoms with Crippen molar-refractivity contribution in [2.45, 2.75) is 6.10 Å². The predicted molar refractivity (Wildman–Crippen MR) is 113 cm³/mol. The monoisotopic (exact) mass is 404 g/mol. The number of H-pyrrole nitrogens is 1. The van der Waals surface area contributed by atoms with Gasteiger partial charge in [0.05, 0.1) is 18.0 Å². The Balaban J connectivity index is 1.41. The Morgan fingerprint density at radius 1 is 1.07 bits per heavy atom. The minimum Gasteiger partial charge on any atom is -0.493 e. The number of nitrogens with one attached hydrogen (secondary N) is 3. The average molecular weight is 404 g/mol. The van der Waals surface area contributed by atoms with Crippen molar-refractivity contribution >= 4 is 17.5 Å². The van der Waals surface area contributed by atoms with Crippen LogP contribution in [0.5, 0.6) is 5.88 Å². The number of imidazole rings is 1. The van der Waals surface area contributed by atoms with Gasteiger partial charge in [-0.1, -0.05) is 30.3 Å². The summed E-state index contributed by atoms with van der Waals surface area (Å²) < 4.78 is 1.16. The van der Waals surface area contributed by atoms with E-state index in [0.29, 0.717) is 29.7 Å². The lowest BCUT2D eigenvalue weighted by atomic mass is 10.1. The van der Waals surface area contributed by atoms with Crippen molar-refractivity contribution in [3.63, 3.8) is 0 Å². The van der Waals surface area contributed by atoms with E-state index in [-0.39, 0.29) is 5.88 Å². The molecule has 9 nitrogen and oxygen atoms in total. The van der Waals surface area contributed by atoms with Crippen molar-refractivity contribution in [2.24, 2.45) is 0 Å². The van der Waals surface area contributed by atoms with Gasteiger partial charge < -0.3 is 25.8 Å². The number of aromatic hydroxyl groups is 1. The quantitative estimate of drug-likeness (QED) is 0.320. The second kappa shape index (κ2) is 8.50. The maximum Gasteiger partial charge on any atom is 0.333 e. The molecular formula is C21H20N6O3. The summed E-state index contributed by atoms with van der Waals surface area (Å²) in [6.45, 7) is 0.310. The van der Waals surface area contributed by atoms with Crippen molar-refractivity contribution in [3.05, 3.63) is 89.1 Å². The lowest BCUT2D eigenvalue weighted by Gasteiger charge is -2.13. The van der Waals surface area contributed by atoms with Crippen molar-refractivity contribution in [1.82, 2.24) is 19.5 Å². The zero-order valence-electron chi connectivity index (χ0n) is 15.9. The number of rotatable bonds is 7. The summed E-state index contributed by atoms with van der Waals surface area (Å²) in [6.07, 6.45) is 2.19. The second-order valence-corrected chi connectivity index (χ2v) is 6.53. The first kappa shape index (κ1) is 19.2. The molecule has 0 saturated carbocycles. The summed E-state index contributed by atoms with van der Waals surface area (Å²) >= 11 is 0. The first-order valence-corrected chi connectivity index (χ1v) is 9.27. The molecule has 5 N–H and O–H groups in total. The highest BCUT2D eigenvalue weighted by molar-refractivity contribution is 5.57. The van der Waals surface area contributed by atoms with Crippen LogP contribution in [0.1, 0.15) is 11.7 Å². The molecule has 30 heavy (non-hydrogen) atoms. The fraction of sp³-hybridized carbons (Fsp3) is 0.0952. The highest BCUT2D eigenvalue weighted by atomic mass is 16.3. The normalized spacial score (nSPS) is 11.8. The average Bonchev–Trinajstić information content (AvgIpc) is 3.11. The summed E-state index contributed by atoms with van der Waals surface area (Å²) in [6, 6.07) is 18.0. The number of benzene rings is 2. The SMILES string of the molecule is O=c1[nH]cc(O)n1-c1ccc(Nc2nccc(NCC(O)c3ccccc3)n2)cc1. The Kier molecular flexibility index (Phi) is 5.44. The molecule has 4 rings (SSSR count). The third-order valence-electron chi connectivity index (χ3n) is 4.46. The van der Waals surface area contributed by atoms with Crippen LogP contribution in [0.4, 0.5) is 17.5 Å². The Bertz CT molecular complexity index is 1170. The van der Waals surface area contributed by atoms with E-state index < -0.39 is 11.8 Å². The maximum absolute atomic E-state index is 11.7. The van der Waals surface area contributed by atoms with Crippen LogP contribution in [-0.4, -0.2) is 36.3 Å². The van der Waals surface area contributed by atoms with Crippen LogP contribution >= 0.6 is 0 Å². The smallest absolute Gasteiger partial charge is 0.333 e. The maximum atomic E-state index is 11.7. The van der Waals surface area contributed by atoms with Gasteiger partial charge in [0, 0.05) is 18.4 Å². The zero-order valence-corrected chi connectivity index (χ0v) is 15.9. The molecule has 4 aromatic rings. The molecule has 2 aromatic carbocycles. The summed E-state index contributed by atoms with van der Waals surface area (Å²) in [7, 11) is 0. The Morgan fingerprint density at radius 2 is 1.83 bits per heavy atom. The fourth-order valence-corrected chi connectivity index (χ4v) is 2.94. The largest absolute Gasteiger partial charge is 0.493 e. The van der Waals surface area contributed by atoms with Gasteiger partial charge in [0.1, 0.15) is 5.82 Å². The van der Waals surface area contributed by atoms with Gasteiger partial charge in [-0.05, 0) is 35.9 Å². The number of aliphatic hydroxyl groups excluding tert-OH is 1. The summed E-state index contributed by atoms with van der Waals surface area (Å²) in [5, 5.41) is 26.2. The van der Waals surface area contributed by atoms with Gasteiger partial charge in [-0.3, -0.25) is 0 Å². The van der Waals surface area contributed by atoms with Gasteiger partial charge in [-0.15, -0.1) is 0 Å². The van der Waals surface area contributed by atoms with E-state index in [4.69, 9.17) is 0 Å². The van der Waals surface area contributed by atoms with Crippen molar-refractivity contribution in [1.29, 1.82) is 0 Å². The van der Waals surface area contributed by atoms with Gasteiger partial charge in [0.2, 0.25) is 11.8 Å². The van der Waals surface area contributed by atoms with Crippen molar-refractivity contribution < 1.29 is 10.2 Å². The van der Waals surface area contributed by atoms with Crippen molar-refractivity contribution in [3.8, 4) is 11.6 Å². The first-order chi connectivity index (χ1) is 14.6. The van der Waals surface area contributed by atoms with E-state index in [1.165, 1.54) is 6.20 Å². The van der Waals surface area contributed by atoms with E-state index in [2.05, 4.69) is 25.6 Å². The van der Waals surface area contributed by atoms with E-state index in [0.717, 1.165) is 10.1 Å². The number of nitrogens with zero attached hydrogens (tertiary/aromatic N) is 3. The van der Waals surface area contributed by atoms with E-state index in [9.17, 15) is 15.0 Å². The number of aliphatic hydroxyl groups is 1. The standard InChI is InChI=1S/C21H20N6O3/c28-17(14-4-2-1-3-5-14)12-23-18-10-11-22-20(26-18)25-15-6-8-16(9-7-15)27-19(29)13-24-21(27)30/h1-11,13,17,28-29H,12H2,(H,24,30)(H2,22,23,25,26). The first-order valence-electron chi connectivity index (χ1n) is 9.27. The van der Waals surface area contributed by atoms with Crippen LogP contribution in [0, 0.1) is 0 Å². The Hall–Kier alpha value is -4.11. The molecular weight excluding hydrogens is 384 g/mol. The molecule has 1 atom stereocenters. The molecule has 152 valence electrons. The third kappa shape index (κ3) is 4.31. The lowest BCUT2D eigenvalue weighted by Crippen LogP contribution is -2.14. The van der Waals surface area contributed by atoms with Crippen LogP contribution in [0.2, 0.25) is 0 Å². The number of aromatic amines is 1. The molecule has 1 unspecified atom stereocenters. The van der Waals surface area contributed by atoms with Crippen LogP contribution in [0.15, 0.2) is 77.9 Å². The van der Waals surface area contributed by atoms with E-state index >= 15 is 0 Å². The van der Waals surface area contributed by atoms with Crippen LogP contribution < -0.4 is 16.3 Å². The Labute approximate surface area is 171 Å². The number of hydrogen-bond acceptors (Lipinski definition) is 7. The van der Waals surface area contributed by atoms with Gasteiger partial charge in [-0.2, -0.15) is 4.98 Å². The predicted octanol–water partition coefficient (Wildman–Crippen LogP) is 2.55. The highest BCUT2D eigenvalue weighted by Gasteiger charge is 2.09. The van der Waals surface area contributed by atoms with E-state index in [1.807, 2.05) is 30.3 Å². The van der Waals surface area contributed by atoms with Gasteiger partial charge in [0.15, 0.2) is 0 Å². The Morgan fingerprint density at radius 3 is 2.53 bits per heavy atom. The molecule has 0 spiro atoms. The minimum absolute atomic E-state index is 0.166. The summed E-state index contributed by atoms with van der Waals surface area (Å²) in [5.74, 6) is 0.784. The molecule has 2 aromatic heterocycles. The molecule has 0 aliphatic rings. The van der Waals surface area contributed by atoms with E-state index in [1.54, 1.807) is 36.5 Å². The third-order valence-corrected chi connectivity index (χ3v) is 4.46. The number of hydrogen-bond donors (Lipinski definition) is 5. The molecule has 0 bridgehead atoms. The molecule has 0 aliphatic carbocycles. The van der Waals surface area contributed by atoms with Gasteiger partial charge in [0.25, 0.3) is 0 Å². The second-order valence-electron chi connectivity index (χ2n) is 6.53. The molecule has 2 heterocycles. The summed E-state index contributed by atoms with van der Waals surface area (Å²) in [4.78, 5) is 22.7. The van der Waals surface area contributed by atoms with Crippen LogP contribution in [-0.2, 0) is 0 Å². The highest BCUT2D eigenvalue weighted by Crippen LogP contribution is 2.19. The van der Waals surface area contributed by atoms with Gasteiger partial charge >= 0.3 is 5.69 Å². The molecule has 0 fully saturated rings. The molecule has 0 radical (unpaired) electrons. The van der Waals surface area contributed by atoms with Crippen LogP contribution in [0.25, 0.3) is 5.69 Å². The number of anilines is 3. The molecule has 9 heteroatoms. The van der Waals surface area contributed by atoms with Crippen molar-refractivity contribution in [2.75, 3.05) is 17.2 Å². The zero-order chi connectivity index (χ0) is 20.9. The van der Waals surface area contributed by atoms with Gasteiger partial charge in [-0.25, -0.2) is 14.3 Å². The van der Waals surface area contributed by atoms with Crippen LogP contribution in [0.3, 0.4) is 0 Å². The molecule has 0 aliphatic heterocycles. The molecule has 0 saturated heterocycles. The lowest BCUT2D eigenvalue weighted by molar-refractivity contribution is 0.191. The topological polar surface area (TPSA) is 128 Å².